The quantitative estimate of drug-likeness (QED) is 0.696. The Hall–Kier alpha value is -2.30. The maximum absolute atomic E-state index is 14.2. The highest BCUT2D eigenvalue weighted by Gasteiger charge is 2.16. The lowest BCUT2D eigenvalue weighted by molar-refractivity contribution is 0.632. The van der Waals surface area contributed by atoms with Crippen LogP contribution in [0.4, 0.5) is 10.1 Å². The number of aryl methyl sites for hydroxylation is 1. The molecule has 110 valence electrons. The molecule has 0 bridgehead atoms. The Morgan fingerprint density at radius 3 is 2.62 bits per heavy atom. The molecule has 1 heterocycles. The summed E-state index contributed by atoms with van der Waals surface area (Å²) in [7, 11) is 1.69. The molecule has 0 fully saturated rings. The molecule has 0 saturated heterocycles. The summed E-state index contributed by atoms with van der Waals surface area (Å²) >= 11 is 0. The first-order valence-corrected chi connectivity index (χ1v) is 6.80. The van der Waals surface area contributed by atoms with Crippen molar-refractivity contribution in [1.29, 1.82) is 0 Å². The zero-order valence-corrected chi connectivity index (χ0v) is 12.7. The van der Waals surface area contributed by atoms with Crippen molar-refractivity contribution in [2.75, 3.05) is 12.8 Å². The van der Waals surface area contributed by atoms with Crippen molar-refractivity contribution in [3.05, 3.63) is 41.6 Å². The number of hydrogen-bond acceptors (Lipinski definition) is 4. The van der Waals surface area contributed by atoms with E-state index in [0.29, 0.717) is 22.6 Å². The summed E-state index contributed by atoms with van der Waals surface area (Å²) < 4.78 is 14.2. The topological polar surface area (TPSA) is 64.2 Å². The van der Waals surface area contributed by atoms with Gasteiger partial charge in [-0.3, -0.25) is 4.99 Å². The second kappa shape index (κ2) is 5.99. The van der Waals surface area contributed by atoms with Gasteiger partial charge < -0.3 is 5.73 Å². The van der Waals surface area contributed by atoms with Crippen LogP contribution in [0, 0.1) is 18.7 Å². The van der Waals surface area contributed by atoms with E-state index in [1.165, 1.54) is 6.07 Å². The van der Waals surface area contributed by atoms with E-state index in [4.69, 9.17) is 5.73 Å². The number of halogens is 1. The number of nitrogen functional groups attached to an aromatic ring is 1. The molecule has 4 nitrogen and oxygen atoms in total. The Morgan fingerprint density at radius 1 is 1.33 bits per heavy atom. The summed E-state index contributed by atoms with van der Waals surface area (Å²) in [6, 6.07) is 4.98. The zero-order chi connectivity index (χ0) is 15.6. The number of aromatic nitrogens is 2. The van der Waals surface area contributed by atoms with Gasteiger partial charge in [0.15, 0.2) is 0 Å². The molecule has 0 amide bonds. The highest BCUT2D eigenvalue weighted by molar-refractivity contribution is 6.06. The zero-order valence-electron chi connectivity index (χ0n) is 12.7. The van der Waals surface area contributed by atoms with Crippen molar-refractivity contribution >= 4 is 11.4 Å². The fourth-order valence-corrected chi connectivity index (χ4v) is 2.28. The van der Waals surface area contributed by atoms with E-state index in [2.05, 4.69) is 15.0 Å². The van der Waals surface area contributed by atoms with Crippen LogP contribution in [0.2, 0.25) is 0 Å². The number of benzene rings is 1. The molecule has 1 aromatic carbocycles. The molecule has 21 heavy (non-hydrogen) atoms. The summed E-state index contributed by atoms with van der Waals surface area (Å²) in [5, 5.41) is 0. The van der Waals surface area contributed by atoms with Crippen LogP contribution in [0.25, 0.3) is 11.3 Å². The van der Waals surface area contributed by atoms with Crippen LogP contribution in [-0.4, -0.2) is 22.7 Å². The first-order valence-electron chi connectivity index (χ1n) is 6.80. The molecule has 2 rings (SSSR count). The molecule has 0 spiro atoms. The van der Waals surface area contributed by atoms with Gasteiger partial charge in [-0.1, -0.05) is 13.8 Å². The number of nitrogens with two attached hydrogens (primary N) is 1. The van der Waals surface area contributed by atoms with Gasteiger partial charge in [-0.05, 0) is 31.0 Å². The maximum Gasteiger partial charge on any atom is 0.147 e. The van der Waals surface area contributed by atoms with Crippen LogP contribution in [0.1, 0.15) is 25.2 Å². The summed E-state index contributed by atoms with van der Waals surface area (Å²) in [5.74, 6) is 0.333. The molecule has 0 radical (unpaired) electrons. The van der Waals surface area contributed by atoms with E-state index < -0.39 is 5.82 Å². The number of nitrogens with zero attached hydrogens (tertiary/aromatic N) is 3. The standard InChI is InChI=1S/C16H19FN4/c1-9(2)16(19-4)12-7-11(8-13(17)15(12)18)14-5-6-20-10(3)21-14/h5-9H,18H2,1-4H3. The highest BCUT2D eigenvalue weighted by Crippen LogP contribution is 2.27. The van der Waals surface area contributed by atoms with Gasteiger partial charge >= 0.3 is 0 Å². The molecule has 0 aliphatic heterocycles. The fraction of sp³-hybridized carbons (Fsp3) is 0.312. The third-order valence-corrected chi connectivity index (χ3v) is 3.27. The van der Waals surface area contributed by atoms with Gasteiger partial charge in [0, 0.05) is 30.1 Å². The summed E-state index contributed by atoms with van der Waals surface area (Å²) in [4.78, 5) is 12.6. The number of hydrogen-bond donors (Lipinski definition) is 1. The fourth-order valence-electron chi connectivity index (χ4n) is 2.28. The normalized spacial score (nSPS) is 12.0. The Morgan fingerprint density at radius 2 is 2.05 bits per heavy atom. The largest absolute Gasteiger partial charge is 0.396 e. The second-order valence-corrected chi connectivity index (χ2v) is 5.17. The van der Waals surface area contributed by atoms with E-state index in [0.717, 1.165) is 5.71 Å². The third kappa shape index (κ3) is 3.07. The average Bonchev–Trinajstić information content (AvgIpc) is 2.43. The Labute approximate surface area is 124 Å². The van der Waals surface area contributed by atoms with Crippen molar-refractivity contribution in [2.45, 2.75) is 20.8 Å². The molecular weight excluding hydrogens is 267 g/mol. The van der Waals surface area contributed by atoms with E-state index >= 15 is 0 Å². The Balaban J connectivity index is 2.64. The van der Waals surface area contributed by atoms with Crippen LogP contribution in [0.3, 0.4) is 0 Å². The molecule has 0 unspecified atom stereocenters. The SMILES string of the molecule is CN=C(c1cc(-c2ccnc(C)n2)cc(F)c1N)C(C)C. The van der Waals surface area contributed by atoms with Crippen molar-refractivity contribution < 1.29 is 4.39 Å². The summed E-state index contributed by atoms with van der Waals surface area (Å²) in [6.45, 7) is 5.80. The van der Waals surface area contributed by atoms with Crippen molar-refractivity contribution in [3.8, 4) is 11.3 Å². The van der Waals surface area contributed by atoms with Gasteiger partial charge in [0.2, 0.25) is 0 Å². The average molecular weight is 286 g/mol. The van der Waals surface area contributed by atoms with E-state index in [-0.39, 0.29) is 11.6 Å². The monoisotopic (exact) mass is 286 g/mol. The molecule has 0 aliphatic rings. The predicted molar refractivity (Wildman–Crippen MR) is 83.9 cm³/mol. The minimum Gasteiger partial charge on any atom is -0.396 e. The first kappa shape index (κ1) is 15.1. The molecule has 1 aromatic heterocycles. The summed E-state index contributed by atoms with van der Waals surface area (Å²) in [6.07, 6.45) is 1.66. The Kier molecular flexibility index (Phi) is 4.31. The van der Waals surface area contributed by atoms with Crippen molar-refractivity contribution in [2.24, 2.45) is 10.9 Å². The number of anilines is 1. The van der Waals surface area contributed by atoms with Crippen LogP contribution < -0.4 is 5.73 Å². The second-order valence-electron chi connectivity index (χ2n) is 5.17. The Bertz CT molecular complexity index is 693. The molecule has 2 N–H and O–H groups in total. The van der Waals surface area contributed by atoms with Crippen molar-refractivity contribution in [3.63, 3.8) is 0 Å². The molecule has 2 aromatic rings. The summed E-state index contributed by atoms with van der Waals surface area (Å²) in [5.41, 5.74) is 8.75. The van der Waals surface area contributed by atoms with Crippen LogP contribution in [0.5, 0.6) is 0 Å². The van der Waals surface area contributed by atoms with Crippen molar-refractivity contribution in [1.82, 2.24) is 9.97 Å². The van der Waals surface area contributed by atoms with Gasteiger partial charge in [-0.25, -0.2) is 14.4 Å². The smallest absolute Gasteiger partial charge is 0.147 e. The molecule has 0 aliphatic carbocycles. The van der Waals surface area contributed by atoms with E-state index in [9.17, 15) is 4.39 Å². The lowest BCUT2D eigenvalue weighted by Gasteiger charge is -2.14. The van der Waals surface area contributed by atoms with E-state index in [1.807, 2.05) is 19.9 Å². The number of aliphatic imine (C=N–C) groups is 1. The lowest BCUT2D eigenvalue weighted by Crippen LogP contribution is -2.13. The van der Waals surface area contributed by atoms with Gasteiger partial charge in [-0.15, -0.1) is 0 Å². The minimum absolute atomic E-state index is 0.124. The minimum atomic E-state index is -0.458. The number of rotatable bonds is 3. The van der Waals surface area contributed by atoms with Gasteiger partial charge in [-0.2, -0.15) is 0 Å². The highest BCUT2D eigenvalue weighted by atomic mass is 19.1. The van der Waals surface area contributed by atoms with Gasteiger partial charge in [0.05, 0.1) is 11.4 Å². The first-order chi connectivity index (χ1) is 9.93. The molecule has 0 atom stereocenters. The predicted octanol–water partition coefficient (Wildman–Crippen LogP) is 3.25. The van der Waals surface area contributed by atoms with E-state index in [1.54, 1.807) is 26.2 Å². The molecule has 5 heteroatoms. The maximum atomic E-state index is 14.2. The van der Waals surface area contributed by atoms with Crippen LogP contribution in [0.15, 0.2) is 29.4 Å². The van der Waals surface area contributed by atoms with Gasteiger partial charge in [0.25, 0.3) is 0 Å². The molecule has 0 saturated carbocycles. The lowest BCUT2D eigenvalue weighted by atomic mass is 9.95. The third-order valence-electron chi connectivity index (χ3n) is 3.27. The van der Waals surface area contributed by atoms with Crippen LogP contribution in [-0.2, 0) is 0 Å². The van der Waals surface area contributed by atoms with Crippen LogP contribution >= 0.6 is 0 Å². The molecular formula is C16H19FN4. The van der Waals surface area contributed by atoms with Gasteiger partial charge in [0.1, 0.15) is 11.6 Å².